The molecule has 0 saturated carbocycles. The summed E-state index contributed by atoms with van der Waals surface area (Å²) in [5.74, 6) is 1.02. The number of carbonyl (C=O) groups is 1. The van der Waals surface area contributed by atoms with Crippen LogP contribution in [0.15, 0.2) is 51.7 Å². The molecule has 0 saturated heterocycles. The number of hydrogen-bond acceptors (Lipinski definition) is 6. The second-order valence-electron chi connectivity index (χ2n) is 8.06. The van der Waals surface area contributed by atoms with Crippen LogP contribution >= 0.6 is 0 Å². The van der Waals surface area contributed by atoms with Gasteiger partial charge in [-0.1, -0.05) is 32.0 Å². The van der Waals surface area contributed by atoms with Crippen LogP contribution in [0.5, 0.6) is 11.5 Å². The van der Waals surface area contributed by atoms with Crippen molar-refractivity contribution in [3.8, 4) is 11.5 Å². The lowest BCUT2D eigenvalue weighted by molar-refractivity contribution is 0.0719. The van der Waals surface area contributed by atoms with Gasteiger partial charge in [-0.25, -0.2) is 0 Å². The Bertz CT molecular complexity index is 1220. The molecule has 7 nitrogen and oxygen atoms in total. The Kier molecular flexibility index (Phi) is 6.70. The van der Waals surface area contributed by atoms with Crippen LogP contribution in [0.1, 0.15) is 48.0 Å². The van der Waals surface area contributed by atoms with E-state index in [1.165, 1.54) is 0 Å². The van der Waals surface area contributed by atoms with E-state index in [0.717, 1.165) is 31.6 Å². The third-order valence-electron chi connectivity index (χ3n) is 6.38. The molecule has 2 aromatic carbocycles. The maximum atomic E-state index is 13.6. The predicted octanol–water partition coefficient (Wildman–Crippen LogP) is 4.09. The summed E-state index contributed by atoms with van der Waals surface area (Å²) in [5, 5.41) is 0.423. The molecule has 0 radical (unpaired) electrons. The Balaban J connectivity index is 1.84. The zero-order chi connectivity index (χ0) is 23.5. The number of amides is 1. The van der Waals surface area contributed by atoms with Gasteiger partial charge in [0.25, 0.3) is 5.91 Å². The van der Waals surface area contributed by atoms with Crippen molar-refractivity contribution >= 4 is 16.9 Å². The summed E-state index contributed by atoms with van der Waals surface area (Å²) < 4.78 is 16.9. The number of carbonyl (C=O) groups excluding carboxylic acids is 1. The zero-order valence-corrected chi connectivity index (χ0v) is 19.6. The lowest BCUT2D eigenvalue weighted by Crippen LogP contribution is -2.33. The van der Waals surface area contributed by atoms with Gasteiger partial charge in [0.05, 0.1) is 31.2 Å². The highest BCUT2D eigenvalue weighted by molar-refractivity contribution is 5.99. The molecular formula is C26H30N2O5. The van der Waals surface area contributed by atoms with Gasteiger partial charge in [-0.05, 0) is 44.3 Å². The Labute approximate surface area is 193 Å². The van der Waals surface area contributed by atoms with E-state index in [9.17, 15) is 9.59 Å². The third-order valence-corrected chi connectivity index (χ3v) is 6.38. The number of para-hydroxylation sites is 1. The predicted molar refractivity (Wildman–Crippen MR) is 127 cm³/mol. The van der Waals surface area contributed by atoms with Crippen molar-refractivity contribution in [3.05, 3.63) is 69.6 Å². The average Bonchev–Trinajstić information content (AvgIpc) is 3.13. The quantitative estimate of drug-likeness (QED) is 0.489. The summed E-state index contributed by atoms with van der Waals surface area (Å²) in [6.45, 7) is 7.52. The molecule has 1 aromatic heterocycles. The summed E-state index contributed by atoms with van der Waals surface area (Å²) in [4.78, 5) is 31.3. The number of rotatable bonds is 9. The lowest BCUT2D eigenvalue weighted by atomic mass is 9.97. The smallest absolute Gasteiger partial charge is 0.290 e. The topological polar surface area (TPSA) is 72.2 Å². The monoisotopic (exact) mass is 450 g/mol. The van der Waals surface area contributed by atoms with E-state index in [2.05, 4.69) is 18.7 Å². The van der Waals surface area contributed by atoms with Crippen LogP contribution in [-0.2, 0) is 0 Å². The minimum Gasteiger partial charge on any atom is -0.497 e. The van der Waals surface area contributed by atoms with Gasteiger partial charge in [-0.3, -0.25) is 9.59 Å². The first-order valence-corrected chi connectivity index (χ1v) is 11.3. The number of nitrogens with zero attached hydrogens (tertiary/aromatic N) is 2. The molecule has 1 aliphatic heterocycles. The fourth-order valence-electron chi connectivity index (χ4n) is 4.58. The van der Waals surface area contributed by atoms with E-state index >= 15 is 0 Å². The van der Waals surface area contributed by atoms with E-state index in [4.69, 9.17) is 13.9 Å². The Hall–Kier alpha value is -3.32. The van der Waals surface area contributed by atoms with E-state index < -0.39 is 6.04 Å². The van der Waals surface area contributed by atoms with Crippen LogP contribution in [0, 0.1) is 0 Å². The molecule has 1 atom stereocenters. The van der Waals surface area contributed by atoms with Gasteiger partial charge < -0.3 is 23.7 Å². The number of methoxy groups -OCH3 is 2. The summed E-state index contributed by atoms with van der Waals surface area (Å²) in [7, 11) is 3.14. The molecule has 33 heavy (non-hydrogen) atoms. The highest BCUT2D eigenvalue weighted by Crippen LogP contribution is 2.41. The van der Waals surface area contributed by atoms with Crippen molar-refractivity contribution in [3.63, 3.8) is 0 Å². The molecular weight excluding hydrogens is 420 g/mol. The minimum absolute atomic E-state index is 0.0968. The zero-order valence-electron chi connectivity index (χ0n) is 19.6. The molecule has 1 aliphatic rings. The SMILES string of the molecule is CCN(CC)CCCN1C(=O)c2oc3cc(OC)ccc3c(=O)c2C1c1ccccc1OC. The number of hydrogen-bond donors (Lipinski definition) is 0. The number of fused-ring (bicyclic) bond motifs is 2. The van der Waals surface area contributed by atoms with Gasteiger partial charge in [0.1, 0.15) is 17.1 Å². The van der Waals surface area contributed by atoms with E-state index in [-0.39, 0.29) is 17.1 Å². The van der Waals surface area contributed by atoms with E-state index in [1.807, 2.05) is 24.3 Å². The van der Waals surface area contributed by atoms with Crippen molar-refractivity contribution in [2.75, 3.05) is 40.4 Å². The second-order valence-corrected chi connectivity index (χ2v) is 8.06. The summed E-state index contributed by atoms with van der Waals surface area (Å²) in [6, 6.07) is 12.0. The minimum atomic E-state index is -0.567. The van der Waals surface area contributed by atoms with Gasteiger partial charge in [-0.15, -0.1) is 0 Å². The highest BCUT2D eigenvalue weighted by atomic mass is 16.5. The van der Waals surface area contributed by atoms with Crippen molar-refractivity contribution < 1.29 is 18.7 Å². The first-order chi connectivity index (χ1) is 16.0. The maximum Gasteiger partial charge on any atom is 0.290 e. The molecule has 4 rings (SSSR count). The molecule has 1 unspecified atom stereocenters. The molecule has 1 amide bonds. The van der Waals surface area contributed by atoms with Crippen molar-refractivity contribution in [2.45, 2.75) is 26.3 Å². The van der Waals surface area contributed by atoms with Gasteiger partial charge in [0.15, 0.2) is 5.43 Å². The van der Waals surface area contributed by atoms with Gasteiger partial charge in [0, 0.05) is 18.2 Å². The molecule has 2 heterocycles. The standard InChI is InChI=1S/C26H30N2O5/c1-5-27(6-2)14-9-15-28-23(18-10-7-8-11-20(18)32-4)22-24(29)19-13-12-17(31-3)16-21(19)33-25(22)26(28)30/h7-8,10-13,16,23H,5-6,9,14-15H2,1-4H3. The van der Waals surface area contributed by atoms with Gasteiger partial charge in [0.2, 0.25) is 5.76 Å². The van der Waals surface area contributed by atoms with E-state index in [0.29, 0.717) is 34.6 Å². The van der Waals surface area contributed by atoms with Crippen LogP contribution in [0.4, 0.5) is 0 Å². The van der Waals surface area contributed by atoms with Crippen molar-refractivity contribution in [2.24, 2.45) is 0 Å². The fraction of sp³-hybridized carbons (Fsp3) is 0.385. The van der Waals surface area contributed by atoms with Crippen molar-refractivity contribution in [1.82, 2.24) is 9.80 Å². The number of ether oxygens (including phenoxy) is 2. The van der Waals surface area contributed by atoms with Crippen LogP contribution in [0.25, 0.3) is 11.0 Å². The molecule has 0 aliphatic carbocycles. The first kappa shape index (κ1) is 22.9. The van der Waals surface area contributed by atoms with Gasteiger partial charge >= 0.3 is 0 Å². The van der Waals surface area contributed by atoms with Crippen LogP contribution < -0.4 is 14.9 Å². The molecule has 0 spiro atoms. The molecule has 0 fully saturated rings. The first-order valence-electron chi connectivity index (χ1n) is 11.3. The number of benzene rings is 2. The Morgan fingerprint density at radius 3 is 2.48 bits per heavy atom. The lowest BCUT2D eigenvalue weighted by Gasteiger charge is -2.27. The molecule has 3 aromatic rings. The largest absolute Gasteiger partial charge is 0.497 e. The average molecular weight is 451 g/mol. The summed E-state index contributed by atoms with van der Waals surface area (Å²) in [5.41, 5.74) is 1.28. The van der Waals surface area contributed by atoms with E-state index in [1.54, 1.807) is 37.3 Å². The summed E-state index contributed by atoms with van der Waals surface area (Å²) in [6.07, 6.45) is 0.786. The molecule has 0 bridgehead atoms. The Morgan fingerprint density at radius 2 is 1.79 bits per heavy atom. The Morgan fingerprint density at radius 1 is 1.03 bits per heavy atom. The van der Waals surface area contributed by atoms with Gasteiger partial charge in [-0.2, -0.15) is 0 Å². The van der Waals surface area contributed by atoms with Crippen LogP contribution in [0.3, 0.4) is 0 Å². The molecule has 174 valence electrons. The maximum absolute atomic E-state index is 13.6. The van der Waals surface area contributed by atoms with Crippen LogP contribution in [-0.4, -0.2) is 56.1 Å². The normalized spacial score (nSPS) is 15.4. The van der Waals surface area contributed by atoms with Crippen LogP contribution in [0.2, 0.25) is 0 Å². The highest BCUT2D eigenvalue weighted by Gasteiger charge is 2.43. The second kappa shape index (κ2) is 9.67. The molecule has 7 heteroatoms. The molecule has 0 N–H and O–H groups in total. The fourth-order valence-corrected chi connectivity index (χ4v) is 4.58. The summed E-state index contributed by atoms with van der Waals surface area (Å²) >= 11 is 0. The van der Waals surface area contributed by atoms with Crippen molar-refractivity contribution in [1.29, 1.82) is 0 Å². The third kappa shape index (κ3) is 4.09.